The van der Waals surface area contributed by atoms with Gasteiger partial charge in [-0.3, -0.25) is 9.36 Å². The molecule has 0 amide bonds. The van der Waals surface area contributed by atoms with E-state index >= 15 is 0 Å². The van der Waals surface area contributed by atoms with Gasteiger partial charge in [-0.15, -0.1) is 11.3 Å². The van der Waals surface area contributed by atoms with Gasteiger partial charge in [0.25, 0.3) is 5.56 Å². The maximum Gasteiger partial charge on any atom is 0.263 e. The van der Waals surface area contributed by atoms with Crippen molar-refractivity contribution in [3.8, 4) is 0 Å². The summed E-state index contributed by atoms with van der Waals surface area (Å²) in [5.41, 5.74) is 2.33. The molecule has 1 aliphatic rings. The predicted molar refractivity (Wildman–Crippen MR) is 112 cm³/mol. The second-order valence-corrected chi connectivity index (χ2v) is 9.23. The van der Waals surface area contributed by atoms with Crippen LogP contribution >= 0.6 is 46.3 Å². The number of aryl methyl sites for hydroxylation is 2. The lowest BCUT2D eigenvalue weighted by Crippen LogP contribution is -2.23. The minimum absolute atomic E-state index is 0.0987. The van der Waals surface area contributed by atoms with Crippen molar-refractivity contribution in [1.29, 1.82) is 0 Å². The molecular weight excluding hydrogens is 407 g/mol. The van der Waals surface area contributed by atoms with Crippen LogP contribution in [0.4, 0.5) is 0 Å². The Morgan fingerprint density at radius 1 is 1.27 bits per heavy atom. The number of halogens is 2. The van der Waals surface area contributed by atoms with E-state index in [9.17, 15) is 4.79 Å². The maximum atomic E-state index is 13.1. The highest BCUT2D eigenvalue weighted by Gasteiger charge is 2.21. The van der Waals surface area contributed by atoms with Crippen LogP contribution in [0.1, 0.15) is 35.8 Å². The number of fused-ring (bicyclic) bond motifs is 3. The number of aromatic nitrogens is 2. The minimum Gasteiger partial charge on any atom is -0.287 e. The van der Waals surface area contributed by atoms with Gasteiger partial charge in [-0.1, -0.05) is 41.0 Å². The first-order chi connectivity index (χ1) is 12.6. The first-order valence-corrected chi connectivity index (χ1v) is 11.3. The molecule has 1 aliphatic carbocycles. The molecule has 7 heteroatoms. The normalized spacial score (nSPS) is 14.0. The molecule has 0 bridgehead atoms. The third-order valence-corrected chi connectivity index (χ3v) is 7.53. The van der Waals surface area contributed by atoms with Gasteiger partial charge in [0, 0.05) is 27.2 Å². The van der Waals surface area contributed by atoms with E-state index in [1.165, 1.54) is 16.9 Å². The summed E-state index contributed by atoms with van der Waals surface area (Å²) in [6.07, 6.45) is 4.45. The standard InChI is InChI=1S/C19H18Cl2N2OS2/c1-2-23-18(24)16-13-5-3-4-6-15(13)26-17(16)22-19(23)25-10-11-7-8-12(20)9-14(11)21/h7-9H,2-6,10H2,1H3. The zero-order chi connectivity index (χ0) is 18.3. The number of thioether (sulfide) groups is 1. The second kappa shape index (κ2) is 7.55. The van der Waals surface area contributed by atoms with Crippen LogP contribution in [-0.4, -0.2) is 9.55 Å². The number of nitrogens with zero attached hydrogens (tertiary/aromatic N) is 2. The molecule has 0 fully saturated rings. The number of rotatable bonds is 4. The van der Waals surface area contributed by atoms with Crippen LogP contribution in [0.15, 0.2) is 28.2 Å². The smallest absolute Gasteiger partial charge is 0.263 e. The fourth-order valence-electron chi connectivity index (χ4n) is 3.39. The third kappa shape index (κ3) is 3.31. The lowest BCUT2D eigenvalue weighted by Gasteiger charge is -2.12. The fourth-order valence-corrected chi connectivity index (χ4v) is 6.31. The molecule has 26 heavy (non-hydrogen) atoms. The Kier molecular flexibility index (Phi) is 5.33. The quantitative estimate of drug-likeness (QED) is 0.382. The first-order valence-electron chi connectivity index (χ1n) is 8.70. The van der Waals surface area contributed by atoms with Crippen molar-refractivity contribution in [2.45, 2.75) is 50.1 Å². The summed E-state index contributed by atoms with van der Waals surface area (Å²) < 4.78 is 1.79. The average molecular weight is 425 g/mol. The van der Waals surface area contributed by atoms with Gasteiger partial charge >= 0.3 is 0 Å². The third-order valence-electron chi connectivity index (χ3n) is 4.73. The molecule has 0 radical (unpaired) electrons. The van der Waals surface area contributed by atoms with Gasteiger partial charge in [-0.2, -0.15) is 0 Å². The molecule has 2 aromatic heterocycles. The Hall–Kier alpha value is -1.01. The molecular formula is C19H18Cl2N2OS2. The summed E-state index contributed by atoms with van der Waals surface area (Å²) >= 11 is 15.5. The summed E-state index contributed by atoms with van der Waals surface area (Å²) in [5, 5.41) is 2.87. The molecule has 0 spiro atoms. The lowest BCUT2D eigenvalue weighted by molar-refractivity contribution is 0.633. The van der Waals surface area contributed by atoms with Crippen molar-refractivity contribution in [1.82, 2.24) is 9.55 Å². The van der Waals surface area contributed by atoms with Crippen molar-refractivity contribution in [3.63, 3.8) is 0 Å². The Bertz CT molecular complexity index is 1040. The first kappa shape index (κ1) is 18.4. The van der Waals surface area contributed by atoms with Gasteiger partial charge in [-0.25, -0.2) is 4.98 Å². The predicted octanol–water partition coefficient (Wildman–Crippen LogP) is 5.96. The zero-order valence-corrected chi connectivity index (χ0v) is 17.5. The molecule has 0 N–H and O–H groups in total. The summed E-state index contributed by atoms with van der Waals surface area (Å²) in [5.74, 6) is 0.652. The van der Waals surface area contributed by atoms with Crippen LogP contribution in [0, 0.1) is 0 Å². The van der Waals surface area contributed by atoms with E-state index in [2.05, 4.69) is 0 Å². The largest absolute Gasteiger partial charge is 0.287 e. The highest BCUT2D eigenvalue weighted by atomic mass is 35.5. The molecule has 136 valence electrons. The topological polar surface area (TPSA) is 34.9 Å². The molecule has 3 nitrogen and oxygen atoms in total. The van der Waals surface area contributed by atoms with Crippen LogP contribution in [0.2, 0.25) is 10.0 Å². The van der Waals surface area contributed by atoms with Crippen LogP contribution in [0.25, 0.3) is 10.2 Å². The van der Waals surface area contributed by atoms with Gasteiger partial charge in [0.15, 0.2) is 5.16 Å². The number of hydrogen-bond acceptors (Lipinski definition) is 4. The molecule has 2 heterocycles. The van der Waals surface area contributed by atoms with Gasteiger partial charge in [0.05, 0.1) is 5.39 Å². The Morgan fingerprint density at radius 3 is 2.85 bits per heavy atom. The number of hydrogen-bond donors (Lipinski definition) is 0. The molecule has 0 unspecified atom stereocenters. The fraction of sp³-hybridized carbons (Fsp3) is 0.368. The molecule has 4 rings (SSSR count). The highest BCUT2D eigenvalue weighted by molar-refractivity contribution is 7.98. The average Bonchev–Trinajstić information content (AvgIpc) is 2.99. The van der Waals surface area contributed by atoms with E-state index in [-0.39, 0.29) is 5.56 Å². The Morgan fingerprint density at radius 2 is 2.08 bits per heavy atom. The lowest BCUT2D eigenvalue weighted by atomic mass is 9.97. The van der Waals surface area contributed by atoms with Crippen molar-refractivity contribution < 1.29 is 0 Å². The molecule has 0 aliphatic heterocycles. The van der Waals surface area contributed by atoms with Crippen LogP contribution in [-0.2, 0) is 25.1 Å². The van der Waals surface area contributed by atoms with Gasteiger partial charge in [0.1, 0.15) is 4.83 Å². The van der Waals surface area contributed by atoms with Crippen LogP contribution in [0.5, 0.6) is 0 Å². The zero-order valence-electron chi connectivity index (χ0n) is 14.3. The molecule has 0 saturated carbocycles. The number of thiophene rings is 1. The van der Waals surface area contributed by atoms with Gasteiger partial charge < -0.3 is 0 Å². The molecule has 0 saturated heterocycles. The maximum absolute atomic E-state index is 13.1. The van der Waals surface area contributed by atoms with Crippen molar-refractivity contribution in [2.75, 3.05) is 0 Å². The van der Waals surface area contributed by atoms with Crippen LogP contribution in [0.3, 0.4) is 0 Å². The van der Waals surface area contributed by atoms with E-state index in [0.29, 0.717) is 22.3 Å². The van der Waals surface area contributed by atoms with Crippen molar-refractivity contribution in [3.05, 3.63) is 54.6 Å². The molecule has 1 aromatic carbocycles. The van der Waals surface area contributed by atoms with E-state index < -0.39 is 0 Å². The highest BCUT2D eigenvalue weighted by Crippen LogP contribution is 2.35. The summed E-state index contributed by atoms with van der Waals surface area (Å²) in [4.78, 5) is 20.2. The number of benzene rings is 1. The van der Waals surface area contributed by atoms with Crippen LogP contribution < -0.4 is 5.56 Å². The molecule has 0 atom stereocenters. The van der Waals surface area contributed by atoms with Gasteiger partial charge in [0.2, 0.25) is 0 Å². The Balaban J connectivity index is 1.74. The van der Waals surface area contributed by atoms with E-state index in [4.69, 9.17) is 28.2 Å². The van der Waals surface area contributed by atoms with E-state index in [0.717, 1.165) is 40.2 Å². The summed E-state index contributed by atoms with van der Waals surface area (Å²) in [7, 11) is 0. The van der Waals surface area contributed by atoms with Gasteiger partial charge in [-0.05, 0) is 55.9 Å². The van der Waals surface area contributed by atoms with E-state index in [1.807, 2.05) is 19.1 Å². The minimum atomic E-state index is 0.0987. The monoisotopic (exact) mass is 424 g/mol. The van der Waals surface area contributed by atoms with E-state index in [1.54, 1.807) is 33.7 Å². The second-order valence-electron chi connectivity index (χ2n) is 6.36. The summed E-state index contributed by atoms with van der Waals surface area (Å²) in [6, 6.07) is 5.50. The SMILES string of the molecule is CCn1c(SCc2ccc(Cl)cc2Cl)nc2sc3c(c2c1=O)CCCC3. The Labute approximate surface area is 170 Å². The van der Waals surface area contributed by atoms with Crippen molar-refractivity contribution in [2.24, 2.45) is 0 Å². The van der Waals surface area contributed by atoms with Crippen molar-refractivity contribution >= 4 is 56.5 Å². The summed E-state index contributed by atoms with van der Waals surface area (Å²) in [6.45, 7) is 2.61. The molecule has 3 aromatic rings.